The van der Waals surface area contributed by atoms with Crippen LogP contribution >= 0.6 is 0 Å². The largest absolute Gasteiger partial charge is 0.395 e. The van der Waals surface area contributed by atoms with Crippen molar-refractivity contribution in [1.29, 1.82) is 0 Å². The maximum absolute atomic E-state index is 11.9. The van der Waals surface area contributed by atoms with Crippen molar-refractivity contribution < 1.29 is 14.7 Å². The van der Waals surface area contributed by atoms with Gasteiger partial charge in [-0.25, -0.2) is 0 Å². The second kappa shape index (κ2) is 7.02. The number of nitrogens with one attached hydrogen (secondary N) is 3. The molecule has 0 spiro atoms. The Bertz CT molecular complexity index is 467. The van der Waals surface area contributed by atoms with Crippen LogP contribution in [0.4, 0.5) is 5.69 Å². The van der Waals surface area contributed by atoms with E-state index in [1.165, 1.54) is 0 Å². The summed E-state index contributed by atoms with van der Waals surface area (Å²) >= 11 is 0. The zero-order valence-electron chi connectivity index (χ0n) is 11.2. The first kappa shape index (κ1) is 14.5. The number of hydrogen-bond donors (Lipinski definition) is 4. The van der Waals surface area contributed by atoms with Gasteiger partial charge < -0.3 is 21.1 Å². The van der Waals surface area contributed by atoms with Crippen LogP contribution in [0.1, 0.15) is 23.2 Å². The molecule has 6 nitrogen and oxygen atoms in total. The molecule has 1 aliphatic rings. The molecule has 0 aliphatic carbocycles. The van der Waals surface area contributed by atoms with Crippen molar-refractivity contribution in [2.75, 3.05) is 25.0 Å². The van der Waals surface area contributed by atoms with Gasteiger partial charge in [0.05, 0.1) is 12.6 Å². The van der Waals surface area contributed by atoms with E-state index in [1.807, 2.05) is 0 Å². The van der Waals surface area contributed by atoms with Gasteiger partial charge in [0.15, 0.2) is 0 Å². The predicted octanol–water partition coefficient (Wildman–Crippen LogP) is 0.0992. The lowest BCUT2D eigenvalue weighted by molar-refractivity contribution is -0.117. The van der Waals surface area contributed by atoms with Crippen LogP contribution in [0, 0.1) is 0 Å². The number of carbonyl (C=O) groups is 2. The van der Waals surface area contributed by atoms with Gasteiger partial charge >= 0.3 is 0 Å². The van der Waals surface area contributed by atoms with Crippen LogP contribution in [0.2, 0.25) is 0 Å². The summed E-state index contributed by atoms with van der Waals surface area (Å²) in [4.78, 5) is 23.5. The molecule has 2 amide bonds. The molecule has 1 unspecified atom stereocenters. The molecule has 20 heavy (non-hydrogen) atoms. The lowest BCUT2D eigenvalue weighted by atomic mass is 10.1. The average molecular weight is 277 g/mol. The van der Waals surface area contributed by atoms with Gasteiger partial charge in [-0.1, -0.05) is 0 Å². The molecule has 0 aromatic heterocycles. The molecule has 1 fully saturated rings. The van der Waals surface area contributed by atoms with Gasteiger partial charge in [0.2, 0.25) is 5.91 Å². The Morgan fingerprint density at radius 3 is 2.65 bits per heavy atom. The molecule has 1 heterocycles. The number of amides is 2. The van der Waals surface area contributed by atoms with E-state index in [9.17, 15) is 9.59 Å². The minimum Gasteiger partial charge on any atom is -0.395 e. The highest BCUT2D eigenvalue weighted by Crippen LogP contribution is 2.12. The van der Waals surface area contributed by atoms with Crippen molar-refractivity contribution in [3.8, 4) is 0 Å². The standard InChI is InChI=1S/C14H19N3O3/c18-9-8-16-13(19)10-3-5-11(6-4-10)17-14(20)12-2-1-7-15-12/h3-6,12,15,18H,1-2,7-9H2,(H,16,19)(H,17,20). The van der Waals surface area contributed by atoms with Crippen LogP contribution in [0.25, 0.3) is 0 Å². The van der Waals surface area contributed by atoms with E-state index in [0.717, 1.165) is 19.4 Å². The zero-order chi connectivity index (χ0) is 14.4. The maximum Gasteiger partial charge on any atom is 0.251 e. The van der Waals surface area contributed by atoms with Crippen molar-refractivity contribution in [3.05, 3.63) is 29.8 Å². The molecule has 6 heteroatoms. The Balaban J connectivity index is 1.90. The summed E-state index contributed by atoms with van der Waals surface area (Å²) in [7, 11) is 0. The Morgan fingerprint density at radius 1 is 1.30 bits per heavy atom. The summed E-state index contributed by atoms with van der Waals surface area (Å²) in [5, 5.41) is 17.2. The fraction of sp³-hybridized carbons (Fsp3) is 0.429. The van der Waals surface area contributed by atoms with Crippen LogP contribution < -0.4 is 16.0 Å². The van der Waals surface area contributed by atoms with Gasteiger partial charge in [0.25, 0.3) is 5.91 Å². The Hall–Kier alpha value is -1.92. The molecule has 2 rings (SSSR count). The molecule has 1 aliphatic heterocycles. The van der Waals surface area contributed by atoms with Crippen molar-refractivity contribution in [2.24, 2.45) is 0 Å². The summed E-state index contributed by atoms with van der Waals surface area (Å²) < 4.78 is 0. The maximum atomic E-state index is 11.9. The topological polar surface area (TPSA) is 90.5 Å². The molecule has 0 bridgehead atoms. The van der Waals surface area contributed by atoms with Gasteiger partial charge in [0, 0.05) is 17.8 Å². The summed E-state index contributed by atoms with van der Waals surface area (Å²) in [5.74, 6) is -0.283. The molecule has 0 saturated carbocycles. The quantitative estimate of drug-likeness (QED) is 0.614. The second-order valence-electron chi connectivity index (χ2n) is 4.70. The Morgan fingerprint density at radius 2 is 2.05 bits per heavy atom. The highest BCUT2D eigenvalue weighted by Gasteiger charge is 2.21. The van der Waals surface area contributed by atoms with E-state index in [0.29, 0.717) is 11.3 Å². The minimum absolute atomic E-state index is 0.0417. The Kier molecular flexibility index (Phi) is 5.09. The highest BCUT2D eigenvalue weighted by molar-refractivity contribution is 5.97. The van der Waals surface area contributed by atoms with Gasteiger partial charge in [-0.2, -0.15) is 0 Å². The smallest absolute Gasteiger partial charge is 0.251 e. The van der Waals surface area contributed by atoms with E-state index < -0.39 is 0 Å². The van der Waals surface area contributed by atoms with Crippen LogP contribution in [0.15, 0.2) is 24.3 Å². The highest BCUT2D eigenvalue weighted by atomic mass is 16.3. The van der Waals surface area contributed by atoms with Crippen LogP contribution in [0.5, 0.6) is 0 Å². The summed E-state index contributed by atoms with van der Waals surface area (Å²) in [6.45, 7) is 1.01. The second-order valence-corrected chi connectivity index (χ2v) is 4.70. The third-order valence-electron chi connectivity index (χ3n) is 3.19. The molecule has 108 valence electrons. The molecular formula is C14H19N3O3. The molecule has 1 atom stereocenters. The number of anilines is 1. The summed E-state index contributed by atoms with van der Waals surface area (Å²) in [5.41, 5.74) is 1.16. The van der Waals surface area contributed by atoms with Crippen molar-refractivity contribution in [3.63, 3.8) is 0 Å². The van der Waals surface area contributed by atoms with Crippen LogP contribution in [-0.2, 0) is 4.79 Å². The number of hydrogen-bond acceptors (Lipinski definition) is 4. The lowest BCUT2D eigenvalue weighted by Gasteiger charge is -2.11. The third kappa shape index (κ3) is 3.79. The van der Waals surface area contributed by atoms with E-state index in [-0.39, 0.29) is 31.0 Å². The first-order chi connectivity index (χ1) is 9.70. The monoisotopic (exact) mass is 277 g/mol. The van der Waals surface area contributed by atoms with Crippen molar-refractivity contribution in [2.45, 2.75) is 18.9 Å². The van der Waals surface area contributed by atoms with E-state index in [2.05, 4.69) is 16.0 Å². The molecular weight excluding hydrogens is 258 g/mol. The molecule has 1 saturated heterocycles. The van der Waals surface area contributed by atoms with E-state index in [4.69, 9.17) is 5.11 Å². The molecule has 1 aromatic carbocycles. The number of carbonyl (C=O) groups excluding carboxylic acids is 2. The van der Waals surface area contributed by atoms with Gasteiger partial charge in [-0.05, 0) is 43.7 Å². The third-order valence-corrected chi connectivity index (χ3v) is 3.19. The number of aliphatic hydroxyl groups is 1. The van der Waals surface area contributed by atoms with Gasteiger partial charge in [-0.3, -0.25) is 9.59 Å². The number of aliphatic hydroxyl groups excluding tert-OH is 1. The number of benzene rings is 1. The zero-order valence-corrected chi connectivity index (χ0v) is 11.2. The van der Waals surface area contributed by atoms with Crippen molar-refractivity contribution >= 4 is 17.5 Å². The van der Waals surface area contributed by atoms with Gasteiger partial charge in [-0.15, -0.1) is 0 Å². The van der Waals surface area contributed by atoms with Gasteiger partial charge in [0.1, 0.15) is 0 Å². The first-order valence-corrected chi connectivity index (χ1v) is 6.74. The SMILES string of the molecule is O=C(NCCO)c1ccc(NC(=O)C2CCCN2)cc1. The van der Waals surface area contributed by atoms with Crippen LogP contribution in [0.3, 0.4) is 0 Å². The molecule has 1 aromatic rings. The fourth-order valence-electron chi connectivity index (χ4n) is 2.11. The molecule has 4 N–H and O–H groups in total. The predicted molar refractivity (Wildman–Crippen MR) is 75.5 cm³/mol. The fourth-order valence-corrected chi connectivity index (χ4v) is 2.11. The minimum atomic E-state index is -0.241. The average Bonchev–Trinajstić information content (AvgIpc) is 3.00. The summed E-state index contributed by atoms with van der Waals surface area (Å²) in [6.07, 6.45) is 1.87. The van der Waals surface area contributed by atoms with E-state index >= 15 is 0 Å². The molecule has 0 radical (unpaired) electrons. The van der Waals surface area contributed by atoms with E-state index in [1.54, 1.807) is 24.3 Å². The lowest BCUT2D eigenvalue weighted by Crippen LogP contribution is -2.35. The Labute approximate surface area is 117 Å². The van der Waals surface area contributed by atoms with Crippen LogP contribution in [-0.4, -0.2) is 42.7 Å². The number of rotatable bonds is 5. The van der Waals surface area contributed by atoms with Crippen molar-refractivity contribution in [1.82, 2.24) is 10.6 Å². The first-order valence-electron chi connectivity index (χ1n) is 6.74. The normalized spacial score (nSPS) is 17.8. The summed E-state index contributed by atoms with van der Waals surface area (Å²) in [6, 6.07) is 6.55.